The van der Waals surface area contributed by atoms with Gasteiger partial charge < -0.3 is 10.2 Å². The normalized spacial score (nSPS) is 13.4. The Balaban J connectivity index is 3.52. The third-order valence-electron chi connectivity index (χ3n) is 3.55. The summed E-state index contributed by atoms with van der Waals surface area (Å²) in [6.07, 6.45) is 11.1. The molecule has 0 aliphatic rings. The van der Waals surface area contributed by atoms with E-state index in [9.17, 15) is 0 Å². The highest BCUT2D eigenvalue weighted by Gasteiger charge is 2.10. The number of unbranched alkanes of at least 4 members (excludes halogenated alkanes) is 6. The minimum atomic E-state index is 0.662. The lowest BCUT2D eigenvalue weighted by molar-refractivity contribution is 0.304. The third kappa shape index (κ3) is 14.1. The van der Waals surface area contributed by atoms with Gasteiger partial charge in [-0.25, -0.2) is 0 Å². The molecule has 0 amide bonds. The van der Waals surface area contributed by atoms with Gasteiger partial charge in [-0.1, -0.05) is 59.3 Å². The molecule has 116 valence electrons. The van der Waals surface area contributed by atoms with Crippen LogP contribution in [0.3, 0.4) is 0 Å². The summed E-state index contributed by atoms with van der Waals surface area (Å²) in [7, 11) is 4.34. The largest absolute Gasteiger partial charge is 0.313 e. The zero-order valence-electron chi connectivity index (χ0n) is 14.2. The van der Waals surface area contributed by atoms with Gasteiger partial charge in [0.15, 0.2) is 0 Å². The molecule has 0 aliphatic carbocycles. The predicted octanol–water partition coefficient (Wildman–Crippen LogP) is 4.30. The van der Waals surface area contributed by atoms with Crippen molar-refractivity contribution >= 4 is 0 Å². The van der Waals surface area contributed by atoms with Crippen LogP contribution in [0, 0.1) is 5.92 Å². The van der Waals surface area contributed by atoms with E-state index in [-0.39, 0.29) is 0 Å². The van der Waals surface area contributed by atoms with Gasteiger partial charge in [0.05, 0.1) is 0 Å². The van der Waals surface area contributed by atoms with E-state index < -0.39 is 0 Å². The first kappa shape index (κ1) is 18.9. The van der Waals surface area contributed by atoms with Gasteiger partial charge in [-0.3, -0.25) is 0 Å². The van der Waals surface area contributed by atoms with Crippen molar-refractivity contribution in [2.24, 2.45) is 5.92 Å². The molecule has 0 bridgehead atoms. The molecule has 0 fully saturated rings. The first-order chi connectivity index (χ1) is 9.06. The number of nitrogens with zero attached hydrogens (tertiary/aromatic N) is 1. The van der Waals surface area contributed by atoms with Crippen LogP contribution in [0.2, 0.25) is 0 Å². The predicted molar refractivity (Wildman–Crippen MR) is 87.8 cm³/mol. The topological polar surface area (TPSA) is 15.3 Å². The molecular formula is C17H38N2. The smallest absolute Gasteiger partial charge is 0.0197 e. The zero-order valence-corrected chi connectivity index (χ0v) is 14.2. The minimum Gasteiger partial charge on any atom is -0.313 e. The first-order valence-electron chi connectivity index (χ1n) is 8.44. The maximum atomic E-state index is 3.74. The highest BCUT2D eigenvalue weighted by atomic mass is 15.1. The van der Waals surface area contributed by atoms with Crippen LogP contribution in [0.1, 0.15) is 72.1 Å². The number of rotatable bonds is 13. The molecule has 2 nitrogen and oxygen atoms in total. The highest BCUT2D eigenvalue weighted by Crippen LogP contribution is 2.08. The van der Waals surface area contributed by atoms with Gasteiger partial charge in [0.2, 0.25) is 0 Å². The minimum absolute atomic E-state index is 0.662. The summed E-state index contributed by atoms with van der Waals surface area (Å²) in [5, 5.41) is 3.74. The van der Waals surface area contributed by atoms with Gasteiger partial charge in [-0.2, -0.15) is 0 Å². The van der Waals surface area contributed by atoms with Crippen molar-refractivity contribution in [3.63, 3.8) is 0 Å². The fourth-order valence-corrected chi connectivity index (χ4v) is 2.62. The van der Waals surface area contributed by atoms with Gasteiger partial charge in [0, 0.05) is 12.6 Å². The van der Waals surface area contributed by atoms with E-state index >= 15 is 0 Å². The monoisotopic (exact) mass is 270 g/mol. The quantitative estimate of drug-likeness (QED) is 0.502. The zero-order chi connectivity index (χ0) is 14.5. The van der Waals surface area contributed by atoms with Crippen molar-refractivity contribution in [2.75, 3.05) is 27.2 Å². The molecule has 0 aromatic carbocycles. The van der Waals surface area contributed by atoms with Gasteiger partial charge in [0.1, 0.15) is 0 Å². The number of hydrogen-bond donors (Lipinski definition) is 1. The maximum absolute atomic E-state index is 3.74. The van der Waals surface area contributed by atoms with Crippen LogP contribution in [0.5, 0.6) is 0 Å². The molecule has 2 heteroatoms. The molecule has 0 aromatic heterocycles. The molecule has 1 unspecified atom stereocenters. The van der Waals surface area contributed by atoms with E-state index in [0.717, 1.165) is 12.5 Å². The lowest BCUT2D eigenvalue weighted by Gasteiger charge is -2.24. The summed E-state index contributed by atoms with van der Waals surface area (Å²) in [6.45, 7) is 9.27. The SMILES string of the molecule is CCCCCCCCCNC(CC(C)C)CN(C)C. The van der Waals surface area contributed by atoms with Crippen LogP contribution in [0.25, 0.3) is 0 Å². The van der Waals surface area contributed by atoms with Crippen molar-refractivity contribution in [3.8, 4) is 0 Å². The summed E-state index contributed by atoms with van der Waals surface area (Å²) < 4.78 is 0. The molecule has 0 radical (unpaired) electrons. The van der Waals surface area contributed by atoms with E-state index in [1.807, 2.05) is 0 Å². The Bertz CT molecular complexity index is 168. The van der Waals surface area contributed by atoms with Gasteiger partial charge in [-0.15, -0.1) is 0 Å². The molecule has 1 N–H and O–H groups in total. The molecular weight excluding hydrogens is 232 g/mol. The fourth-order valence-electron chi connectivity index (χ4n) is 2.62. The van der Waals surface area contributed by atoms with Crippen molar-refractivity contribution in [3.05, 3.63) is 0 Å². The first-order valence-corrected chi connectivity index (χ1v) is 8.44. The molecule has 0 saturated carbocycles. The molecule has 0 rings (SSSR count). The van der Waals surface area contributed by atoms with E-state index in [0.29, 0.717) is 6.04 Å². The summed E-state index contributed by atoms with van der Waals surface area (Å²) in [5.74, 6) is 0.784. The van der Waals surface area contributed by atoms with Crippen LogP contribution in [-0.2, 0) is 0 Å². The number of nitrogens with one attached hydrogen (secondary N) is 1. The standard InChI is InChI=1S/C17H38N2/c1-6-7-8-9-10-11-12-13-18-17(14-16(2)3)15-19(4)5/h16-18H,6-15H2,1-5H3. The van der Waals surface area contributed by atoms with Gasteiger partial charge in [-0.05, 0) is 39.4 Å². The van der Waals surface area contributed by atoms with E-state index in [4.69, 9.17) is 0 Å². The second kappa shape index (κ2) is 12.9. The van der Waals surface area contributed by atoms with Crippen molar-refractivity contribution in [2.45, 2.75) is 78.2 Å². The second-order valence-electron chi connectivity index (χ2n) is 6.66. The second-order valence-corrected chi connectivity index (χ2v) is 6.66. The van der Waals surface area contributed by atoms with Gasteiger partial charge in [0.25, 0.3) is 0 Å². The molecule has 0 aliphatic heterocycles. The molecule has 0 spiro atoms. The number of hydrogen-bond acceptors (Lipinski definition) is 2. The molecule has 0 aromatic rings. The average molecular weight is 271 g/mol. The average Bonchev–Trinajstić information content (AvgIpc) is 2.30. The van der Waals surface area contributed by atoms with Crippen LogP contribution < -0.4 is 5.32 Å². The molecule has 19 heavy (non-hydrogen) atoms. The third-order valence-corrected chi connectivity index (χ3v) is 3.55. The van der Waals surface area contributed by atoms with E-state index in [2.05, 4.69) is 45.1 Å². The molecule has 1 atom stereocenters. The Kier molecular flexibility index (Phi) is 12.9. The van der Waals surface area contributed by atoms with E-state index in [1.54, 1.807) is 0 Å². The molecule has 0 saturated heterocycles. The van der Waals surface area contributed by atoms with Gasteiger partial charge >= 0.3 is 0 Å². The Labute approximate surface area is 122 Å². The Morgan fingerprint density at radius 3 is 2.00 bits per heavy atom. The van der Waals surface area contributed by atoms with Crippen LogP contribution in [-0.4, -0.2) is 38.1 Å². The van der Waals surface area contributed by atoms with Crippen molar-refractivity contribution in [1.82, 2.24) is 10.2 Å². The van der Waals surface area contributed by atoms with Crippen molar-refractivity contribution < 1.29 is 0 Å². The van der Waals surface area contributed by atoms with E-state index in [1.165, 1.54) is 57.9 Å². The summed E-state index contributed by atoms with van der Waals surface area (Å²) in [4.78, 5) is 2.30. The lowest BCUT2D eigenvalue weighted by atomic mass is 10.0. The Morgan fingerprint density at radius 1 is 0.895 bits per heavy atom. The fraction of sp³-hybridized carbons (Fsp3) is 1.00. The Hall–Kier alpha value is -0.0800. The molecule has 0 heterocycles. The van der Waals surface area contributed by atoms with Crippen LogP contribution in [0.15, 0.2) is 0 Å². The van der Waals surface area contributed by atoms with Crippen LogP contribution >= 0.6 is 0 Å². The summed E-state index contributed by atoms with van der Waals surface area (Å²) in [5.41, 5.74) is 0. The Morgan fingerprint density at radius 2 is 1.47 bits per heavy atom. The summed E-state index contributed by atoms with van der Waals surface area (Å²) >= 11 is 0. The number of likely N-dealkylation sites (N-methyl/N-ethyl adjacent to an activating group) is 1. The van der Waals surface area contributed by atoms with Crippen molar-refractivity contribution in [1.29, 1.82) is 0 Å². The highest BCUT2D eigenvalue weighted by molar-refractivity contribution is 4.71. The maximum Gasteiger partial charge on any atom is 0.0197 e. The summed E-state index contributed by atoms with van der Waals surface area (Å²) in [6, 6.07) is 0.662. The lowest BCUT2D eigenvalue weighted by Crippen LogP contribution is -2.39. The van der Waals surface area contributed by atoms with Crippen LogP contribution in [0.4, 0.5) is 0 Å².